The van der Waals surface area contributed by atoms with E-state index in [1.54, 1.807) is 0 Å². The molecular formula is C28H30N6. The van der Waals surface area contributed by atoms with Crippen LogP contribution in [0.4, 0.5) is 5.69 Å². The predicted molar refractivity (Wildman–Crippen MR) is 142 cm³/mol. The molecule has 6 nitrogen and oxygen atoms in total. The maximum Gasteiger partial charge on any atom is 0.0986 e. The molecule has 3 aromatic heterocycles. The van der Waals surface area contributed by atoms with Crippen molar-refractivity contribution in [1.29, 1.82) is 0 Å². The molecule has 6 rings (SSSR count). The van der Waals surface area contributed by atoms with Crippen LogP contribution in [0.2, 0.25) is 0 Å². The van der Waals surface area contributed by atoms with Gasteiger partial charge in [-0.15, -0.1) is 0 Å². The monoisotopic (exact) mass is 450 g/mol. The van der Waals surface area contributed by atoms with E-state index in [0.29, 0.717) is 0 Å². The number of fused-ring (bicyclic) bond motifs is 4. The van der Waals surface area contributed by atoms with Gasteiger partial charge < -0.3 is 14.8 Å². The molecule has 0 amide bonds. The van der Waals surface area contributed by atoms with Crippen LogP contribution in [0.15, 0.2) is 67.0 Å². The highest BCUT2D eigenvalue weighted by molar-refractivity contribution is 6.16. The van der Waals surface area contributed by atoms with E-state index >= 15 is 0 Å². The van der Waals surface area contributed by atoms with Crippen molar-refractivity contribution in [2.24, 2.45) is 0 Å². The van der Waals surface area contributed by atoms with Gasteiger partial charge in [-0.25, -0.2) is 4.98 Å². The minimum Gasteiger partial charge on any atom is -0.367 e. The molecule has 0 spiro atoms. The van der Waals surface area contributed by atoms with Crippen LogP contribution in [-0.2, 0) is 0 Å². The summed E-state index contributed by atoms with van der Waals surface area (Å²) in [7, 11) is 4.29. The number of anilines is 1. The number of H-pyrrole nitrogens is 1. The summed E-state index contributed by atoms with van der Waals surface area (Å²) >= 11 is 0. The Hall–Kier alpha value is -3.48. The molecule has 1 aliphatic heterocycles. The minimum absolute atomic E-state index is 1.01. The molecule has 0 radical (unpaired) electrons. The second-order valence-electron chi connectivity index (χ2n) is 9.45. The number of piperazine rings is 1. The van der Waals surface area contributed by atoms with Gasteiger partial charge in [0.1, 0.15) is 0 Å². The first kappa shape index (κ1) is 21.1. The molecule has 4 heterocycles. The van der Waals surface area contributed by atoms with Crippen LogP contribution in [0.5, 0.6) is 0 Å². The van der Waals surface area contributed by atoms with Crippen LogP contribution in [-0.4, -0.2) is 78.1 Å². The number of hydrogen-bond donors (Lipinski definition) is 1. The molecule has 0 unspecified atom stereocenters. The molecule has 5 aromatic rings. The molecule has 1 N–H and O–H groups in total. The van der Waals surface area contributed by atoms with Gasteiger partial charge >= 0.3 is 0 Å². The van der Waals surface area contributed by atoms with Crippen molar-refractivity contribution in [3.8, 4) is 11.1 Å². The number of likely N-dealkylation sites (N-methyl/N-ethyl adjacent to an activating group) is 1. The number of nitrogens with zero attached hydrogens (tertiary/aromatic N) is 5. The lowest BCUT2D eigenvalue weighted by Crippen LogP contribution is -2.48. The Morgan fingerprint density at radius 1 is 0.882 bits per heavy atom. The van der Waals surface area contributed by atoms with Crippen LogP contribution < -0.4 is 4.90 Å². The molecule has 172 valence electrons. The fraction of sp³-hybridized carbons (Fsp3) is 0.286. The van der Waals surface area contributed by atoms with E-state index in [2.05, 4.69) is 93.4 Å². The van der Waals surface area contributed by atoms with Crippen molar-refractivity contribution in [3.05, 3.63) is 67.0 Å². The van der Waals surface area contributed by atoms with E-state index in [0.717, 1.165) is 61.3 Å². The molecule has 2 aromatic carbocycles. The Labute approximate surface area is 199 Å². The molecule has 0 aliphatic carbocycles. The summed E-state index contributed by atoms with van der Waals surface area (Å²) in [6.07, 6.45) is 3.71. The van der Waals surface area contributed by atoms with Crippen molar-refractivity contribution >= 4 is 38.5 Å². The first-order valence-electron chi connectivity index (χ1n) is 12.0. The van der Waals surface area contributed by atoms with Crippen LogP contribution in [0, 0.1) is 0 Å². The summed E-state index contributed by atoms with van der Waals surface area (Å²) in [6.45, 7) is 6.38. The van der Waals surface area contributed by atoms with Gasteiger partial charge in [0.05, 0.1) is 22.2 Å². The van der Waals surface area contributed by atoms with E-state index in [1.165, 1.54) is 27.6 Å². The number of aromatic amines is 1. The van der Waals surface area contributed by atoms with Gasteiger partial charge in [-0.05, 0) is 55.6 Å². The van der Waals surface area contributed by atoms with Crippen LogP contribution >= 0.6 is 0 Å². The lowest BCUT2D eigenvalue weighted by molar-refractivity contribution is 0.230. The number of aromatic nitrogens is 3. The average Bonchev–Trinajstić information content (AvgIpc) is 3.25. The molecule has 0 bridgehead atoms. The van der Waals surface area contributed by atoms with E-state index in [9.17, 15) is 0 Å². The first-order chi connectivity index (χ1) is 16.7. The zero-order chi connectivity index (χ0) is 23.1. The molecule has 34 heavy (non-hydrogen) atoms. The summed E-state index contributed by atoms with van der Waals surface area (Å²) in [5.41, 5.74) is 8.03. The van der Waals surface area contributed by atoms with Gasteiger partial charge in [-0.3, -0.25) is 9.88 Å². The lowest BCUT2D eigenvalue weighted by atomic mass is 10.0. The molecule has 1 fully saturated rings. The Bertz CT molecular complexity index is 1450. The van der Waals surface area contributed by atoms with Gasteiger partial charge in [-0.2, -0.15) is 0 Å². The Balaban J connectivity index is 1.49. The Morgan fingerprint density at radius 2 is 1.68 bits per heavy atom. The van der Waals surface area contributed by atoms with Crippen LogP contribution in [0.25, 0.3) is 44.0 Å². The van der Waals surface area contributed by atoms with Gasteiger partial charge in [0, 0.05) is 68.0 Å². The molecule has 1 aliphatic rings. The summed E-state index contributed by atoms with van der Waals surface area (Å²) in [5, 5.41) is 2.39. The Kier molecular flexibility index (Phi) is 5.40. The molecule has 1 saturated heterocycles. The number of benzene rings is 2. The highest BCUT2D eigenvalue weighted by atomic mass is 15.3. The van der Waals surface area contributed by atoms with Crippen molar-refractivity contribution in [2.75, 3.05) is 58.3 Å². The normalized spacial score (nSPS) is 15.2. The predicted octanol–water partition coefficient (Wildman–Crippen LogP) is 4.61. The first-order valence-corrected chi connectivity index (χ1v) is 12.0. The highest BCUT2D eigenvalue weighted by Crippen LogP contribution is 2.38. The smallest absolute Gasteiger partial charge is 0.0986 e. The third-order valence-electron chi connectivity index (χ3n) is 6.97. The van der Waals surface area contributed by atoms with Crippen molar-refractivity contribution in [1.82, 2.24) is 24.8 Å². The third-order valence-corrected chi connectivity index (χ3v) is 6.97. The summed E-state index contributed by atoms with van der Waals surface area (Å²) < 4.78 is 0. The van der Waals surface area contributed by atoms with Gasteiger partial charge in [0.2, 0.25) is 0 Å². The number of pyridine rings is 2. The number of para-hydroxylation sites is 1. The van der Waals surface area contributed by atoms with Crippen molar-refractivity contribution in [3.63, 3.8) is 0 Å². The maximum absolute atomic E-state index is 5.13. The fourth-order valence-corrected chi connectivity index (χ4v) is 5.08. The van der Waals surface area contributed by atoms with Crippen LogP contribution in [0.1, 0.15) is 0 Å². The molecule has 6 heteroatoms. The van der Waals surface area contributed by atoms with Gasteiger partial charge in [-0.1, -0.05) is 24.3 Å². The van der Waals surface area contributed by atoms with E-state index < -0.39 is 0 Å². The van der Waals surface area contributed by atoms with Crippen molar-refractivity contribution in [2.45, 2.75) is 0 Å². The summed E-state index contributed by atoms with van der Waals surface area (Å²) in [4.78, 5) is 20.4. The zero-order valence-electron chi connectivity index (χ0n) is 19.8. The SMILES string of the molecule is CN(C)CCN1CCN(c2c3cc(-c4ccncc4)ccc3nc3c2[nH]c2ccccc23)CC1. The molecular weight excluding hydrogens is 420 g/mol. The van der Waals surface area contributed by atoms with Gasteiger partial charge in [0.15, 0.2) is 0 Å². The number of hydrogen-bond acceptors (Lipinski definition) is 5. The van der Waals surface area contributed by atoms with E-state index in [-0.39, 0.29) is 0 Å². The zero-order valence-corrected chi connectivity index (χ0v) is 19.8. The standard InChI is InChI=1S/C28H30N6/c1-32(2)13-14-33-15-17-34(18-16-33)28-23-19-21(20-9-11-29-12-10-20)7-8-25(23)30-26-22-5-3-4-6-24(22)31-27(26)28/h3-12,19,31H,13-18H2,1-2H3. The molecule has 0 saturated carbocycles. The largest absolute Gasteiger partial charge is 0.367 e. The average molecular weight is 451 g/mol. The number of rotatable bonds is 5. The second-order valence-corrected chi connectivity index (χ2v) is 9.45. The van der Waals surface area contributed by atoms with E-state index in [1.807, 2.05) is 12.4 Å². The number of nitrogens with one attached hydrogen (secondary N) is 1. The topological polar surface area (TPSA) is 51.3 Å². The summed E-state index contributed by atoms with van der Waals surface area (Å²) in [6, 6.07) is 19.3. The third kappa shape index (κ3) is 3.79. The fourth-order valence-electron chi connectivity index (χ4n) is 5.08. The van der Waals surface area contributed by atoms with Crippen LogP contribution in [0.3, 0.4) is 0 Å². The minimum atomic E-state index is 1.01. The second kappa shape index (κ2) is 8.70. The highest BCUT2D eigenvalue weighted by Gasteiger charge is 2.23. The summed E-state index contributed by atoms with van der Waals surface area (Å²) in [5.74, 6) is 0. The van der Waals surface area contributed by atoms with Crippen molar-refractivity contribution < 1.29 is 0 Å². The Morgan fingerprint density at radius 3 is 2.47 bits per heavy atom. The maximum atomic E-state index is 5.13. The molecule has 0 atom stereocenters. The van der Waals surface area contributed by atoms with E-state index in [4.69, 9.17) is 4.98 Å². The lowest BCUT2D eigenvalue weighted by Gasteiger charge is -2.37. The quantitative estimate of drug-likeness (QED) is 0.424. The van der Waals surface area contributed by atoms with Gasteiger partial charge in [0.25, 0.3) is 0 Å².